The van der Waals surface area contributed by atoms with Gasteiger partial charge in [0.25, 0.3) is 0 Å². The monoisotopic (exact) mass is 511 g/mol. The van der Waals surface area contributed by atoms with E-state index in [2.05, 4.69) is 48.8 Å². The molecule has 0 aliphatic heterocycles. The fraction of sp³-hybridized carbons (Fsp3) is 0.400. The molecule has 1 aromatic carbocycles. The molecule has 5 atom stereocenters. The van der Waals surface area contributed by atoms with E-state index in [1.165, 1.54) is 25.1 Å². The molecule has 0 saturated heterocycles. The first-order chi connectivity index (χ1) is 17.3. The second-order valence-corrected chi connectivity index (χ2v) is 10.9. The predicted molar refractivity (Wildman–Crippen MR) is 133 cm³/mol. The molecule has 10 nitrogen and oxygen atoms in total. The van der Waals surface area contributed by atoms with Gasteiger partial charge in [0.15, 0.2) is 5.78 Å². The average molecular weight is 512 g/mol. The van der Waals surface area contributed by atoms with E-state index in [0.717, 1.165) is 13.0 Å². The lowest BCUT2D eigenvalue weighted by Gasteiger charge is -2.15. The van der Waals surface area contributed by atoms with Gasteiger partial charge in [0.1, 0.15) is 18.2 Å². The third-order valence-corrected chi connectivity index (χ3v) is 7.88. The molecule has 3 aromatic rings. The van der Waals surface area contributed by atoms with Crippen molar-refractivity contribution in [2.45, 2.75) is 50.0 Å². The van der Waals surface area contributed by atoms with Crippen LogP contribution in [0.2, 0.25) is 0 Å². The zero-order valence-electron chi connectivity index (χ0n) is 19.8. The second-order valence-electron chi connectivity index (χ2n) is 9.40. The van der Waals surface area contributed by atoms with Crippen LogP contribution in [0.15, 0.2) is 61.3 Å². The van der Waals surface area contributed by atoms with Gasteiger partial charge in [-0.1, -0.05) is 30.3 Å². The first kappa shape index (κ1) is 24.6. The van der Waals surface area contributed by atoms with E-state index in [9.17, 15) is 18.3 Å². The Morgan fingerprint density at radius 3 is 2.78 bits per heavy atom. The van der Waals surface area contributed by atoms with Crippen LogP contribution < -0.4 is 10.0 Å². The Hall–Kier alpha value is -3.12. The van der Waals surface area contributed by atoms with Crippen LogP contribution in [0.4, 0.5) is 5.82 Å². The topological polar surface area (TPSA) is 135 Å². The summed E-state index contributed by atoms with van der Waals surface area (Å²) in [4.78, 5) is 21.6. The molecule has 0 bridgehead atoms. The minimum Gasteiger partial charge on any atom is -0.390 e. The third-order valence-electron chi connectivity index (χ3n) is 6.88. The summed E-state index contributed by atoms with van der Waals surface area (Å²) in [6.45, 7) is 0.847. The van der Waals surface area contributed by atoms with Crippen molar-refractivity contribution in [1.29, 1.82) is 0 Å². The summed E-state index contributed by atoms with van der Waals surface area (Å²) >= 11 is 0. The van der Waals surface area contributed by atoms with Crippen LogP contribution in [0.5, 0.6) is 0 Å². The van der Waals surface area contributed by atoms with Crippen molar-refractivity contribution in [1.82, 2.24) is 19.3 Å². The molecule has 0 spiro atoms. The van der Waals surface area contributed by atoms with E-state index < -0.39 is 22.5 Å². The van der Waals surface area contributed by atoms with E-state index in [1.54, 1.807) is 6.07 Å². The summed E-state index contributed by atoms with van der Waals surface area (Å²) in [6, 6.07) is 11.9. The Bertz CT molecular complexity index is 1330. The fourth-order valence-electron chi connectivity index (χ4n) is 4.89. The summed E-state index contributed by atoms with van der Waals surface area (Å²) in [6.07, 6.45) is 6.34. The van der Waals surface area contributed by atoms with E-state index in [1.807, 2.05) is 18.5 Å². The predicted octanol–water partition coefficient (Wildman–Crippen LogP) is 2.10. The summed E-state index contributed by atoms with van der Waals surface area (Å²) in [5, 5.41) is 13.4. The van der Waals surface area contributed by atoms with Crippen LogP contribution >= 0.6 is 0 Å². The number of hydrogen-bond donors (Lipinski definition) is 3. The average Bonchev–Trinajstić information content (AvgIpc) is 3.34. The molecule has 36 heavy (non-hydrogen) atoms. The van der Waals surface area contributed by atoms with Gasteiger partial charge in [-0.05, 0) is 42.7 Å². The lowest BCUT2D eigenvalue weighted by molar-refractivity contribution is 0.0636. The summed E-state index contributed by atoms with van der Waals surface area (Å²) in [7, 11) is -2.69. The number of rotatable bonds is 10. The first-order valence-corrected chi connectivity index (χ1v) is 13.4. The highest BCUT2D eigenvalue weighted by Gasteiger charge is 2.39. The maximum Gasteiger partial charge on any atom is 0.335 e. The third kappa shape index (κ3) is 5.49. The van der Waals surface area contributed by atoms with Gasteiger partial charge in [0.05, 0.1) is 11.7 Å². The minimum absolute atomic E-state index is 0.212. The standard InChI is InChI=1S/C25H29N5O5S/c1-26-36(33,34)35-23-11-19(10-22(23)31)29-25-21(12-27-15-28-25)24(32)17-7-8-30(13-17)14-18-9-20(18)16-5-3-2-4-6-16/h2-8,12-13,15,18-20,22-23,26,31H,9-11,14H2,1H3,(H,27,28,29)/t18-,19+,20-,22-,23+/m0/s1. The molecular weight excluding hydrogens is 482 g/mol. The first-order valence-electron chi connectivity index (χ1n) is 11.9. The highest BCUT2D eigenvalue weighted by molar-refractivity contribution is 7.84. The molecule has 0 amide bonds. The molecule has 2 fully saturated rings. The number of aromatic nitrogens is 3. The zero-order valence-corrected chi connectivity index (χ0v) is 20.6. The van der Waals surface area contributed by atoms with E-state index >= 15 is 0 Å². The van der Waals surface area contributed by atoms with Crippen LogP contribution in [-0.4, -0.2) is 59.1 Å². The van der Waals surface area contributed by atoms with Crippen molar-refractivity contribution in [2.75, 3.05) is 12.4 Å². The number of ketones is 1. The lowest BCUT2D eigenvalue weighted by atomic mass is 10.1. The molecule has 11 heteroatoms. The maximum atomic E-state index is 13.3. The number of aliphatic hydroxyl groups is 1. The van der Waals surface area contributed by atoms with Gasteiger partial charge >= 0.3 is 10.3 Å². The van der Waals surface area contributed by atoms with E-state index in [-0.39, 0.29) is 24.7 Å². The Morgan fingerprint density at radius 2 is 2.00 bits per heavy atom. The van der Waals surface area contributed by atoms with Crippen molar-refractivity contribution in [2.24, 2.45) is 5.92 Å². The van der Waals surface area contributed by atoms with Crippen molar-refractivity contribution in [3.05, 3.63) is 78.0 Å². The molecule has 0 radical (unpaired) electrons. The molecule has 190 valence electrons. The molecule has 2 saturated carbocycles. The fourth-order valence-corrected chi connectivity index (χ4v) is 5.51. The van der Waals surface area contributed by atoms with Crippen LogP contribution in [0.1, 0.15) is 46.7 Å². The van der Waals surface area contributed by atoms with Gasteiger partial charge in [-0.2, -0.15) is 13.1 Å². The number of nitrogens with one attached hydrogen (secondary N) is 2. The highest BCUT2D eigenvalue weighted by atomic mass is 32.2. The summed E-state index contributed by atoms with van der Waals surface area (Å²) < 4.78 is 32.5. The molecule has 2 aliphatic rings. The van der Waals surface area contributed by atoms with Crippen molar-refractivity contribution in [3.63, 3.8) is 0 Å². The highest BCUT2D eigenvalue weighted by Crippen LogP contribution is 2.48. The van der Waals surface area contributed by atoms with Gasteiger partial charge in [-0.3, -0.25) is 8.98 Å². The van der Waals surface area contributed by atoms with Crippen molar-refractivity contribution < 1.29 is 22.5 Å². The Kier molecular flexibility index (Phi) is 6.89. The van der Waals surface area contributed by atoms with E-state index in [4.69, 9.17) is 4.18 Å². The molecule has 3 N–H and O–H groups in total. The van der Waals surface area contributed by atoms with Crippen LogP contribution in [-0.2, 0) is 21.0 Å². The normalized spacial score (nSPS) is 25.6. The smallest absolute Gasteiger partial charge is 0.335 e. The number of carbonyl (C=O) groups excluding carboxylic acids is 1. The SMILES string of the molecule is CNS(=O)(=O)O[C@@H]1C[C@H](Nc2ncncc2C(=O)c2ccn(C[C@@H]3C[C@H]3c3ccccc3)c2)C[C@@H]1O. The minimum atomic E-state index is -3.93. The number of nitrogens with zero attached hydrogens (tertiary/aromatic N) is 3. The van der Waals surface area contributed by atoms with Crippen molar-refractivity contribution in [3.8, 4) is 0 Å². The Balaban J connectivity index is 1.23. The van der Waals surface area contributed by atoms with Gasteiger partial charge in [0, 0.05) is 43.8 Å². The molecule has 2 aromatic heterocycles. The molecule has 0 unspecified atom stereocenters. The molecule has 5 rings (SSSR count). The van der Waals surface area contributed by atoms with Gasteiger partial charge in [0.2, 0.25) is 0 Å². The lowest BCUT2D eigenvalue weighted by Crippen LogP contribution is -2.31. The second kappa shape index (κ2) is 10.1. The summed E-state index contributed by atoms with van der Waals surface area (Å²) in [5.74, 6) is 1.24. The van der Waals surface area contributed by atoms with Crippen molar-refractivity contribution >= 4 is 21.9 Å². The van der Waals surface area contributed by atoms with Gasteiger partial charge in [-0.25, -0.2) is 9.97 Å². The van der Waals surface area contributed by atoms with Gasteiger partial charge in [-0.15, -0.1) is 0 Å². The quantitative estimate of drug-likeness (QED) is 0.352. The van der Waals surface area contributed by atoms with Gasteiger partial charge < -0.3 is 15.0 Å². The maximum absolute atomic E-state index is 13.3. The van der Waals surface area contributed by atoms with Crippen LogP contribution in [0, 0.1) is 5.92 Å². The number of anilines is 1. The Morgan fingerprint density at radius 1 is 1.19 bits per heavy atom. The number of hydrogen-bond acceptors (Lipinski definition) is 8. The van der Waals surface area contributed by atoms with Crippen LogP contribution in [0.25, 0.3) is 0 Å². The number of aliphatic hydroxyl groups excluding tert-OH is 1. The molecule has 2 aliphatic carbocycles. The Labute approximate surface area is 210 Å². The number of carbonyl (C=O) groups is 1. The zero-order chi connectivity index (χ0) is 25.3. The molecular formula is C25H29N5O5S. The van der Waals surface area contributed by atoms with Crippen LogP contribution in [0.3, 0.4) is 0 Å². The molecule has 2 heterocycles. The largest absolute Gasteiger partial charge is 0.390 e. The number of benzene rings is 1. The summed E-state index contributed by atoms with van der Waals surface area (Å²) in [5.41, 5.74) is 2.21. The van der Waals surface area contributed by atoms with E-state index in [0.29, 0.717) is 28.8 Å².